The lowest BCUT2D eigenvalue weighted by molar-refractivity contribution is -0.136. The van der Waals surface area contributed by atoms with E-state index in [4.69, 9.17) is 14.2 Å². The molecule has 2 heterocycles. The molecule has 0 radical (unpaired) electrons. The maximum atomic E-state index is 12.3. The van der Waals surface area contributed by atoms with Crippen molar-refractivity contribution in [2.75, 3.05) is 39.2 Å². The fourth-order valence-corrected chi connectivity index (χ4v) is 4.00. The van der Waals surface area contributed by atoms with E-state index in [0.717, 1.165) is 42.3 Å². The predicted molar refractivity (Wildman–Crippen MR) is 93.3 cm³/mol. The summed E-state index contributed by atoms with van der Waals surface area (Å²) in [6, 6.07) is 7.95. The maximum Gasteiger partial charge on any atom is 0.223 e. The normalized spacial score (nSPS) is 19.6. The molecule has 0 spiro atoms. The molecule has 5 nitrogen and oxygen atoms in total. The van der Waals surface area contributed by atoms with Crippen LogP contribution < -0.4 is 4.74 Å². The second-order valence-electron chi connectivity index (χ2n) is 6.10. The van der Waals surface area contributed by atoms with Gasteiger partial charge >= 0.3 is 0 Å². The van der Waals surface area contributed by atoms with Crippen LogP contribution >= 0.6 is 11.8 Å². The summed E-state index contributed by atoms with van der Waals surface area (Å²) >= 11 is 1.71. The molecule has 0 saturated carbocycles. The average Bonchev–Trinajstić information content (AvgIpc) is 3.17. The van der Waals surface area contributed by atoms with Crippen LogP contribution in [0.5, 0.6) is 5.75 Å². The Morgan fingerprint density at radius 3 is 2.50 bits per heavy atom. The highest BCUT2D eigenvalue weighted by molar-refractivity contribution is 7.99. The van der Waals surface area contributed by atoms with Gasteiger partial charge < -0.3 is 19.1 Å². The molecule has 6 heteroatoms. The van der Waals surface area contributed by atoms with Crippen molar-refractivity contribution < 1.29 is 19.0 Å². The molecule has 1 aromatic carbocycles. The van der Waals surface area contributed by atoms with E-state index in [-0.39, 0.29) is 12.2 Å². The number of likely N-dealkylation sites (tertiary alicyclic amines) is 1. The Hall–Kier alpha value is -1.24. The van der Waals surface area contributed by atoms with E-state index in [0.29, 0.717) is 25.6 Å². The number of carbonyl (C=O) groups is 1. The zero-order valence-corrected chi connectivity index (χ0v) is 14.9. The standard InChI is InChI=1S/C18H25NO4S/c1-21-15-2-4-16(5-3-15)24-13-8-17(20)19-9-6-14(7-10-19)18-22-11-12-23-18/h2-5,14,18H,6-13H2,1H3. The van der Waals surface area contributed by atoms with Crippen LogP contribution in [0.1, 0.15) is 19.3 Å². The summed E-state index contributed by atoms with van der Waals surface area (Å²) in [6.07, 6.45) is 2.48. The van der Waals surface area contributed by atoms with Crippen LogP contribution in [0, 0.1) is 5.92 Å². The van der Waals surface area contributed by atoms with Gasteiger partial charge in [0.15, 0.2) is 6.29 Å². The van der Waals surface area contributed by atoms with Gasteiger partial charge in [-0.1, -0.05) is 0 Å². The molecule has 1 aromatic rings. The highest BCUT2D eigenvalue weighted by atomic mass is 32.2. The number of carbonyl (C=O) groups excluding carboxylic acids is 1. The van der Waals surface area contributed by atoms with E-state index in [1.54, 1.807) is 18.9 Å². The molecule has 0 N–H and O–H groups in total. The van der Waals surface area contributed by atoms with Gasteiger partial charge in [-0.15, -0.1) is 11.8 Å². The molecule has 2 aliphatic rings. The van der Waals surface area contributed by atoms with E-state index in [1.807, 2.05) is 29.2 Å². The average molecular weight is 351 g/mol. The van der Waals surface area contributed by atoms with Crippen molar-refractivity contribution in [3.63, 3.8) is 0 Å². The van der Waals surface area contributed by atoms with Gasteiger partial charge in [0.2, 0.25) is 5.91 Å². The molecule has 2 aliphatic heterocycles. The molecule has 2 fully saturated rings. The topological polar surface area (TPSA) is 48.0 Å². The van der Waals surface area contributed by atoms with E-state index < -0.39 is 0 Å². The van der Waals surface area contributed by atoms with E-state index in [2.05, 4.69) is 0 Å². The minimum atomic E-state index is -0.0483. The van der Waals surface area contributed by atoms with Gasteiger partial charge in [0.05, 0.1) is 20.3 Å². The monoisotopic (exact) mass is 351 g/mol. The summed E-state index contributed by atoms with van der Waals surface area (Å²) in [5.74, 6) is 2.35. The first-order chi connectivity index (χ1) is 11.8. The molecule has 24 heavy (non-hydrogen) atoms. The third-order valence-electron chi connectivity index (χ3n) is 4.57. The van der Waals surface area contributed by atoms with Crippen molar-refractivity contribution in [3.8, 4) is 5.75 Å². The summed E-state index contributed by atoms with van der Waals surface area (Å²) in [6.45, 7) is 3.04. The van der Waals surface area contributed by atoms with Crippen LogP contribution in [0.4, 0.5) is 0 Å². The van der Waals surface area contributed by atoms with Crippen LogP contribution in [-0.4, -0.2) is 56.3 Å². The SMILES string of the molecule is COc1ccc(SCCC(=O)N2CCC(C3OCCO3)CC2)cc1. The van der Waals surface area contributed by atoms with E-state index >= 15 is 0 Å². The largest absolute Gasteiger partial charge is 0.497 e. The van der Waals surface area contributed by atoms with Crippen molar-refractivity contribution in [1.29, 1.82) is 0 Å². The number of ether oxygens (including phenoxy) is 3. The molecule has 2 saturated heterocycles. The van der Waals surface area contributed by atoms with Crippen molar-refractivity contribution in [2.45, 2.75) is 30.4 Å². The lowest BCUT2D eigenvalue weighted by Crippen LogP contribution is -2.41. The molecular weight excluding hydrogens is 326 g/mol. The van der Waals surface area contributed by atoms with Gasteiger partial charge in [-0.05, 0) is 37.1 Å². The molecule has 1 amide bonds. The van der Waals surface area contributed by atoms with E-state index in [9.17, 15) is 4.79 Å². The highest BCUT2D eigenvalue weighted by Crippen LogP contribution is 2.27. The Labute approximate surface area is 147 Å². The summed E-state index contributed by atoms with van der Waals surface area (Å²) < 4.78 is 16.3. The van der Waals surface area contributed by atoms with Gasteiger partial charge in [0.25, 0.3) is 0 Å². The maximum absolute atomic E-state index is 12.3. The number of piperidine rings is 1. The summed E-state index contributed by atoms with van der Waals surface area (Å²) in [5.41, 5.74) is 0. The van der Waals surface area contributed by atoms with Crippen molar-refractivity contribution in [1.82, 2.24) is 4.90 Å². The van der Waals surface area contributed by atoms with Gasteiger partial charge in [0, 0.05) is 36.1 Å². The lowest BCUT2D eigenvalue weighted by Gasteiger charge is -2.33. The second-order valence-corrected chi connectivity index (χ2v) is 7.27. The smallest absolute Gasteiger partial charge is 0.223 e. The Kier molecular flexibility index (Phi) is 6.40. The third kappa shape index (κ3) is 4.65. The molecule has 0 aromatic heterocycles. The van der Waals surface area contributed by atoms with Gasteiger partial charge in [-0.2, -0.15) is 0 Å². The van der Waals surface area contributed by atoms with Crippen LogP contribution in [0.2, 0.25) is 0 Å². The van der Waals surface area contributed by atoms with Crippen LogP contribution in [0.3, 0.4) is 0 Å². The Bertz CT molecular complexity index is 522. The first kappa shape index (κ1) is 17.6. The number of benzene rings is 1. The minimum Gasteiger partial charge on any atom is -0.497 e. The number of methoxy groups -OCH3 is 1. The fraction of sp³-hybridized carbons (Fsp3) is 0.611. The molecule has 0 unspecified atom stereocenters. The Balaban J connectivity index is 1.36. The molecular formula is C18H25NO4S. The molecule has 132 valence electrons. The first-order valence-corrected chi connectivity index (χ1v) is 9.52. The summed E-state index contributed by atoms with van der Waals surface area (Å²) in [5, 5.41) is 0. The van der Waals surface area contributed by atoms with Crippen molar-refractivity contribution in [2.24, 2.45) is 5.92 Å². The van der Waals surface area contributed by atoms with Gasteiger partial charge in [-0.25, -0.2) is 0 Å². The molecule has 0 aliphatic carbocycles. The number of rotatable bonds is 6. The number of hydrogen-bond donors (Lipinski definition) is 0. The minimum absolute atomic E-state index is 0.0483. The van der Waals surface area contributed by atoms with Crippen molar-refractivity contribution >= 4 is 17.7 Å². The first-order valence-electron chi connectivity index (χ1n) is 8.54. The van der Waals surface area contributed by atoms with Gasteiger partial charge in [0.1, 0.15) is 5.75 Å². The number of nitrogens with zero attached hydrogens (tertiary/aromatic N) is 1. The van der Waals surface area contributed by atoms with Crippen LogP contribution in [-0.2, 0) is 14.3 Å². The molecule has 3 rings (SSSR count). The van der Waals surface area contributed by atoms with Gasteiger partial charge in [-0.3, -0.25) is 4.79 Å². The zero-order chi connectivity index (χ0) is 16.8. The fourth-order valence-electron chi connectivity index (χ4n) is 3.16. The van der Waals surface area contributed by atoms with Crippen LogP contribution in [0.25, 0.3) is 0 Å². The molecule has 0 bridgehead atoms. The predicted octanol–water partition coefficient (Wildman–Crippen LogP) is 2.79. The quantitative estimate of drug-likeness (QED) is 0.738. The zero-order valence-electron chi connectivity index (χ0n) is 14.1. The Morgan fingerprint density at radius 1 is 1.21 bits per heavy atom. The summed E-state index contributed by atoms with van der Waals surface area (Å²) in [7, 11) is 1.66. The second kappa shape index (κ2) is 8.74. The number of amides is 1. The Morgan fingerprint density at radius 2 is 1.88 bits per heavy atom. The third-order valence-corrected chi connectivity index (χ3v) is 5.58. The van der Waals surface area contributed by atoms with E-state index in [1.165, 1.54) is 0 Å². The molecule has 0 atom stereocenters. The number of thioether (sulfide) groups is 1. The van der Waals surface area contributed by atoms with Crippen LogP contribution in [0.15, 0.2) is 29.2 Å². The number of hydrogen-bond acceptors (Lipinski definition) is 5. The highest BCUT2D eigenvalue weighted by Gasteiger charge is 2.31. The van der Waals surface area contributed by atoms with Crippen molar-refractivity contribution in [3.05, 3.63) is 24.3 Å². The summed E-state index contributed by atoms with van der Waals surface area (Å²) in [4.78, 5) is 15.5. The lowest BCUT2D eigenvalue weighted by atomic mass is 9.96.